The van der Waals surface area contributed by atoms with Gasteiger partial charge in [0.25, 0.3) is 10.0 Å². The predicted octanol–water partition coefficient (Wildman–Crippen LogP) is 4.06. The van der Waals surface area contributed by atoms with Crippen LogP contribution in [0.5, 0.6) is 0 Å². The Balaban J connectivity index is 2.48. The van der Waals surface area contributed by atoms with E-state index in [0.717, 1.165) is 0 Å². The number of pyridine rings is 1. The van der Waals surface area contributed by atoms with Gasteiger partial charge in [-0.05, 0) is 63.0 Å². The van der Waals surface area contributed by atoms with Crippen LogP contribution in [0.25, 0.3) is 0 Å². The first-order chi connectivity index (χ1) is 9.70. The molecule has 1 aromatic heterocycles. The van der Waals surface area contributed by atoms with Gasteiger partial charge in [0.15, 0.2) is 0 Å². The smallest absolute Gasteiger partial charge is 0.265 e. The van der Waals surface area contributed by atoms with Gasteiger partial charge in [0.1, 0.15) is 9.50 Å². The zero-order valence-electron chi connectivity index (χ0n) is 10.7. The van der Waals surface area contributed by atoms with Crippen molar-refractivity contribution in [2.45, 2.75) is 11.8 Å². The third kappa shape index (κ3) is 3.77. The van der Waals surface area contributed by atoms with Crippen molar-refractivity contribution < 1.29 is 8.42 Å². The minimum absolute atomic E-state index is 0.00646. The lowest BCUT2D eigenvalue weighted by Gasteiger charge is -2.13. The molecule has 0 fully saturated rings. The monoisotopic (exact) mass is 497 g/mol. The first-order valence-electron chi connectivity index (χ1n) is 5.61. The Morgan fingerprint density at radius 1 is 1.19 bits per heavy atom. The second-order valence-electron chi connectivity index (χ2n) is 4.18. The van der Waals surface area contributed by atoms with Gasteiger partial charge in [-0.2, -0.15) is 0 Å². The van der Waals surface area contributed by atoms with Gasteiger partial charge in [-0.25, -0.2) is 13.4 Å². The van der Waals surface area contributed by atoms with Gasteiger partial charge in [0, 0.05) is 8.95 Å². The summed E-state index contributed by atoms with van der Waals surface area (Å²) in [7, 11) is -3.82. The van der Waals surface area contributed by atoms with Crippen molar-refractivity contribution in [2.24, 2.45) is 0 Å². The normalized spacial score (nSPS) is 11.4. The van der Waals surface area contributed by atoms with E-state index in [1.807, 2.05) is 0 Å². The number of halogens is 3. The molecule has 1 heterocycles. The number of rotatable bonds is 3. The maximum Gasteiger partial charge on any atom is 0.265 e. The van der Waals surface area contributed by atoms with Gasteiger partial charge in [-0.3, -0.25) is 4.72 Å². The van der Waals surface area contributed by atoms with Crippen LogP contribution in [0, 0.1) is 6.92 Å². The number of nitrogens with one attached hydrogen (secondary N) is 1. The van der Waals surface area contributed by atoms with Crippen molar-refractivity contribution >= 4 is 69.2 Å². The minimum Gasteiger partial charge on any atom is -0.398 e. The maximum absolute atomic E-state index is 12.5. The Bertz CT molecular complexity index is 786. The molecule has 5 nitrogen and oxygen atoms in total. The van der Waals surface area contributed by atoms with Crippen LogP contribution < -0.4 is 10.5 Å². The molecule has 0 radical (unpaired) electrons. The highest BCUT2D eigenvalue weighted by atomic mass is 79.9. The van der Waals surface area contributed by atoms with Gasteiger partial charge in [-0.15, -0.1) is 0 Å². The zero-order valence-corrected chi connectivity index (χ0v) is 16.3. The standard InChI is InChI=1S/C12H10Br3N3O2S/c1-6-10(2-3-11(15)17-6)18-21(19,20)12-8(14)4-7(13)5-9(12)16/h2-5,18H,16H2,1H3. The summed E-state index contributed by atoms with van der Waals surface area (Å²) >= 11 is 9.72. The summed E-state index contributed by atoms with van der Waals surface area (Å²) in [6, 6.07) is 6.45. The Morgan fingerprint density at radius 3 is 2.43 bits per heavy atom. The van der Waals surface area contributed by atoms with Gasteiger partial charge in [0.05, 0.1) is 17.1 Å². The first-order valence-corrected chi connectivity index (χ1v) is 9.47. The summed E-state index contributed by atoms with van der Waals surface area (Å²) in [6.07, 6.45) is 0. The number of anilines is 2. The van der Waals surface area contributed by atoms with Crippen molar-refractivity contribution in [1.29, 1.82) is 0 Å². The largest absolute Gasteiger partial charge is 0.398 e. The number of benzene rings is 1. The summed E-state index contributed by atoms with van der Waals surface area (Å²) < 4.78 is 29.2. The Kier molecular flexibility index (Phi) is 4.96. The summed E-state index contributed by atoms with van der Waals surface area (Å²) in [5, 5.41) is 0. The lowest BCUT2D eigenvalue weighted by atomic mass is 10.3. The fourth-order valence-corrected chi connectivity index (χ4v) is 5.29. The Hall–Kier alpha value is -0.640. The van der Waals surface area contributed by atoms with E-state index in [4.69, 9.17) is 5.73 Å². The summed E-state index contributed by atoms with van der Waals surface area (Å²) in [6.45, 7) is 1.71. The van der Waals surface area contributed by atoms with Crippen LogP contribution in [0.3, 0.4) is 0 Å². The molecule has 0 saturated carbocycles. The van der Waals surface area contributed by atoms with E-state index in [2.05, 4.69) is 57.5 Å². The number of sulfonamides is 1. The number of nitrogens with zero attached hydrogens (tertiary/aromatic N) is 1. The highest BCUT2D eigenvalue weighted by molar-refractivity contribution is 9.11. The molecular weight excluding hydrogens is 490 g/mol. The molecule has 21 heavy (non-hydrogen) atoms. The minimum atomic E-state index is -3.82. The topological polar surface area (TPSA) is 85.1 Å². The molecular formula is C12H10Br3N3O2S. The fourth-order valence-electron chi connectivity index (χ4n) is 1.70. The molecule has 0 atom stereocenters. The van der Waals surface area contributed by atoms with Crippen LogP contribution in [0.15, 0.2) is 42.7 Å². The van der Waals surface area contributed by atoms with Gasteiger partial charge in [0.2, 0.25) is 0 Å². The Morgan fingerprint density at radius 2 is 1.86 bits per heavy atom. The molecule has 2 aromatic rings. The first kappa shape index (κ1) is 16.7. The second kappa shape index (κ2) is 6.23. The lowest BCUT2D eigenvalue weighted by Crippen LogP contribution is -2.16. The van der Waals surface area contributed by atoms with Crippen LogP contribution >= 0.6 is 47.8 Å². The average molecular weight is 500 g/mol. The molecule has 0 bridgehead atoms. The molecule has 1 aromatic carbocycles. The Labute approximate surface area is 147 Å². The van der Waals surface area contributed by atoms with Crippen molar-refractivity contribution in [3.63, 3.8) is 0 Å². The van der Waals surface area contributed by atoms with E-state index in [0.29, 0.717) is 24.9 Å². The molecule has 9 heteroatoms. The summed E-state index contributed by atoms with van der Waals surface area (Å²) in [4.78, 5) is 4.14. The van der Waals surface area contributed by atoms with Crippen molar-refractivity contribution in [2.75, 3.05) is 10.5 Å². The summed E-state index contributed by atoms with van der Waals surface area (Å²) in [5.74, 6) is 0. The van der Waals surface area contributed by atoms with E-state index in [9.17, 15) is 8.42 Å². The highest BCUT2D eigenvalue weighted by Gasteiger charge is 2.22. The summed E-state index contributed by atoms with van der Waals surface area (Å²) in [5.41, 5.74) is 6.92. The van der Waals surface area contributed by atoms with Crippen LogP contribution in [-0.2, 0) is 10.0 Å². The zero-order chi connectivity index (χ0) is 15.8. The van der Waals surface area contributed by atoms with Crippen molar-refractivity contribution in [1.82, 2.24) is 4.98 Å². The maximum atomic E-state index is 12.5. The number of aromatic nitrogens is 1. The predicted molar refractivity (Wildman–Crippen MR) is 93.7 cm³/mol. The van der Waals surface area contributed by atoms with Crippen molar-refractivity contribution in [3.8, 4) is 0 Å². The SMILES string of the molecule is Cc1nc(Br)ccc1NS(=O)(=O)c1c(N)cc(Br)cc1Br. The molecule has 0 spiro atoms. The van der Waals surface area contributed by atoms with Gasteiger partial charge in [-0.1, -0.05) is 15.9 Å². The number of hydrogen-bond acceptors (Lipinski definition) is 4. The van der Waals surface area contributed by atoms with E-state index < -0.39 is 10.0 Å². The molecule has 0 aliphatic rings. The van der Waals surface area contributed by atoms with Gasteiger partial charge >= 0.3 is 0 Å². The van der Waals surface area contributed by atoms with Crippen LogP contribution in [0.2, 0.25) is 0 Å². The van der Waals surface area contributed by atoms with E-state index in [1.165, 1.54) is 6.07 Å². The molecule has 0 amide bonds. The third-order valence-electron chi connectivity index (χ3n) is 2.60. The number of nitrogens with two attached hydrogens (primary N) is 1. The quantitative estimate of drug-likeness (QED) is 0.492. The van der Waals surface area contributed by atoms with Crippen LogP contribution in [0.1, 0.15) is 5.69 Å². The molecule has 3 N–H and O–H groups in total. The molecule has 0 aliphatic heterocycles. The van der Waals surface area contributed by atoms with Crippen molar-refractivity contribution in [3.05, 3.63) is 43.5 Å². The number of nitrogen functional groups attached to an aromatic ring is 1. The molecule has 0 unspecified atom stereocenters. The molecule has 0 saturated heterocycles. The van der Waals surface area contributed by atoms with E-state index in [1.54, 1.807) is 25.1 Å². The van der Waals surface area contributed by atoms with Crippen LogP contribution in [-0.4, -0.2) is 13.4 Å². The average Bonchev–Trinajstić information content (AvgIpc) is 2.30. The third-order valence-corrected chi connectivity index (χ3v) is 5.87. The molecule has 2 rings (SSSR count). The number of aryl methyl sites for hydroxylation is 1. The van der Waals surface area contributed by atoms with Crippen LogP contribution in [0.4, 0.5) is 11.4 Å². The molecule has 0 aliphatic carbocycles. The highest BCUT2D eigenvalue weighted by Crippen LogP contribution is 2.33. The molecule has 112 valence electrons. The fraction of sp³-hybridized carbons (Fsp3) is 0.0833. The number of hydrogen-bond donors (Lipinski definition) is 2. The van der Waals surface area contributed by atoms with Gasteiger partial charge < -0.3 is 5.73 Å². The van der Waals surface area contributed by atoms with E-state index >= 15 is 0 Å². The second-order valence-corrected chi connectivity index (χ2v) is 8.38. The van der Waals surface area contributed by atoms with E-state index in [-0.39, 0.29) is 10.6 Å². The lowest BCUT2D eigenvalue weighted by molar-refractivity contribution is 0.601.